The molecule has 0 saturated heterocycles. The Kier molecular flexibility index (Phi) is 2.49. The van der Waals surface area contributed by atoms with Crippen LogP contribution in [0.3, 0.4) is 0 Å². The lowest BCUT2D eigenvalue weighted by Gasteiger charge is -2.09. The average molecular weight is 203 g/mol. The molecule has 80 valence electrons. The maximum atomic E-state index is 5.83. The fourth-order valence-corrected chi connectivity index (χ4v) is 2.30. The number of nitrogens with zero attached hydrogens (tertiary/aromatic N) is 2. The maximum Gasteiger partial charge on any atom is 0.140 e. The largest absolute Gasteiger partial charge is 0.332 e. The Morgan fingerprint density at radius 3 is 2.80 bits per heavy atom. The lowest BCUT2D eigenvalue weighted by Crippen LogP contribution is -2.05. The van der Waals surface area contributed by atoms with Gasteiger partial charge in [0.15, 0.2) is 0 Å². The smallest absolute Gasteiger partial charge is 0.140 e. The van der Waals surface area contributed by atoms with E-state index in [1.165, 1.54) is 16.6 Å². The zero-order valence-electron chi connectivity index (χ0n) is 9.49. The van der Waals surface area contributed by atoms with Crippen molar-refractivity contribution < 1.29 is 0 Å². The van der Waals surface area contributed by atoms with Crippen molar-refractivity contribution in [3.8, 4) is 0 Å². The summed E-state index contributed by atoms with van der Waals surface area (Å²) < 4.78 is 2.15. The topological polar surface area (TPSA) is 43.8 Å². The first-order valence-corrected chi connectivity index (χ1v) is 5.29. The van der Waals surface area contributed by atoms with Gasteiger partial charge in [-0.2, -0.15) is 0 Å². The van der Waals surface area contributed by atoms with Crippen LogP contribution in [0, 0.1) is 0 Å². The summed E-state index contributed by atoms with van der Waals surface area (Å²) in [5, 5.41) is 1.19. The number of rotatable bonds is 2. The predicted octanol–water partition coefficient (Wildman–Crippen LogP) is 2.16. The van der Waals surface area contributed by atoms with Gasteiger partial charge in [0.25, 0.3) is 0 Å². The Morgan fingerprint density at radius 1 is 1.47 bits per heavy atom. The molecule has 0 aliphatic heterocycles. The summed E-state index contributed by atoms with van der Waals surface area (Å²) in [7, 11) is 2.06. The van der Waals surface area contributed by atoms with Crippen LogP contribution in [0.2, 0.25) is 0 Å². The van der Waals surface area contributed by atoms with Crippen molar-refractivity contribution in [1.82, 2.24) is 9.55 Å². The highest BCUT2D eigenvalue weighted by molar-refractivity contribution is 5.82. The maximum absolute atomic E-state index is 5.83. The molecule has 2 aromatic rings. The van der Waals surface area contributed by atoms with Crippen LogP contribution in [0.5, 0.6) is 0 Å². The average Bonchev–Trinajstić information content (AvgIpc) is 2.52. The molecule has 0 atom stereocenters. The summed E-state index contributed by atoms with van der Waals surface area (Å²) in [4.78, 5) is 4.40. The molecule has 3 heteroatoms. The Bertz CT molecular complexity index is 483. The lowest BCUT2D eigenvalue weighted by molar-refractivity contribution is 0.735. The van der Waals surface area contributed by atoms with E-state index in [0.717, 1.165) is 5.65 Å². The Hall–Kier alpha value is -1.35. The van der Waals surface area contributed by atoms with Gasteiger partial charge in [-0.25, -0.2) is 4.98 Å². The molecule has 0 spiro atoms. The van der Waals surface area contributed by atoms with Gasteiger partial charge < -0.3 is 10.3 Å². The fourth-order valence-electron chi connectivity index (χ4n) is 2.30. The van der Waals surface area contributed by atoms with Gasteiger partial charge in [0.05, 0.1) is 0 Å². The molecule has 2 aromatic heterocycles. The Labute approximate surface area is 89.9 Å². The van der Waals surface area contributed by atoms with Gasteiger partial charge in [-0.1, -0.05) is 13.8 Å². The zero-order chi connectivity index (χ0) is 11.0. The summed E-state index contributed by atoms with van der Waals surface area (Å²) in [6, 6.07) is 4.06. The molecule has 15 heavy (non-hydrogen) atoms. The Morgan fingerprint density at radius 2 is 2.20 bits per heavy atom. The number of hydrogen-bond donors (Lipinski definition) is 1. The predicted molar refractivity (Wildman–Crippen MR) is 62.7 cm³/mol. The first-order valence-electron chi connectivity index (χ1n) is 5.29. The minimum absolute atomic E-state index is 0.475. The molecular formula is C12H17N3. The number of fused-ring (bicyclic) bond motifs is 1. The SMILES string of the molecule is CC(C)c1c(CN)c2cccnc2n1C. The highest BCUT2D eigenvalue weighted by Crippen LogP contribution is 2.28. The van der Waals surface area contributed by atoms with E-state index in [2.05, 4.69) is 36.5 Å². The number of nitrogens with two attached hydrogens (primary N) is 1. The van der Waals surface area contributed by atoms with E-state index < -0.39 is 0 Å². The number of pyridine rings is 1. The van der Waals surface area contributed by atoms with Gasteiger partial charge in [0.2, 0.25) is 0 Å². The quantitative estimate of drug-likeness (QED) is 0.812. The molecule has 3 nitrogen and oxygen atoms in total. The molecular weight excluding hydrogens is 186 g/mol. The molecule has 2 N–H and O–H groups in total. The molecule has 0 amide bonds. The number of aryl methyl sites for hydroxylation is 1. The summed E-state index contributed by atoms with van der Waals surface area (Å²) >= 11 is 0. The van der Waals surface area contributed by atoms with Crippen LogP contribution >= 0.6 is 0 Å². The third-order valence-electron chi connectivity index (χ3n) is 2.85. The highest BCUT2D eigenvalue weighted by atomic mass is 15.0. The van der Waals surface area contributed by atoms with E-state index in [4.69, 9.17) is 5.73 Å². The van der Waals surface area contributed by atoms with Crippen LogP contribution in [0.1, 0.15) is 31.0 Å². The molecule has 2 heterocycles. The summed E-state index contributed by atoms with van der Waals surface area (Å²) in [5.74, 6) is 0.475. The number of hydrogen-bond acceptors (Lipinski definition) is 2. The third kappa shape index (κ3) is 1.43. The summed E-state index contributed by atoms with van der Waals surface area (Å²) in [5.41, 5.74) is 9.39. The monoisotopic (exact) mass is 203 g/mol. The van der Waals surface area contributed by atoms with Gasteiger partial charge in [0.1, 0.15) is 5.65 Å². The van der Waals surface area contributed by atoms with Crippen LogP contribution in [0.4, 0.5) is 0 Å². The second-order valence-electron chi connectivity index (χ2n) is 4.16. The van der Waals surface area contributed by atoms with Gasteiger partial charge in [-0.3, -0.25) is 0 Å². The molecule has 0 bridgehead atoms. The molecule has 0 radical (unpaired) electrons. The van der Waals surface area contributed by atoms with E-state index in [-0.39, 0.29) is 0 Å². The van der Waals surface area contributed by atoms with Crippen LogP contribution in [0.25, 0.3) is 11.0 Å². The molecule has 0 saturated carbocycles. The van der Waals surface area contributed by atoms with E-state index in [1.54, 1.807) is 0 Å². The second-order valence-corrected chi connectivity index (χ2v) is 4.16. The standard InChI is InChI=1S/C12H17N3/c1-8(2)11-10(7-13)9-5-4-6-14-12(9)15(11)3/h4-6,8H,7,13H2,1-3H3. The minimum Gasteiger partial charge on any atom is -0.332 e. The van der Waals surface area contributed by atoms with Crippen LogP contribution in [-0.4, -0.2) is 9.55 Å². The molecule has 2 rings (SSSR count). The normalized spacial score (nSPS) is 11.5. The molecule has 0 aliphatic carbocycles. The van der Waals surface area contributed by atoms with Crippen molar-refractivity contribution >= 4 is 11.0 Å². The molecule has 0 unspecified atom stereocenters. The first kappa shape index (κ1) is 10.2. The van der Waals surface area contributed by atoms with E-state index >= 15 is 0 Å². The first-order chi connectivity index (χ1) is 7.16. The van der Waals surface area contributed by atoms with Crippen molar-refractivity contribution in [3.05, 3.63) is 29.6 Å². The van der Waals surface area contributed by atoms with Crippen molar-refractivity contribution in [2.45, 2.75) is 26.3 Å². The van der Waals surface area contributed by atoms with Crippen molar-refractivity contribution in [3.63, 3.8) is 0 Å². The summed E-state index contributed by atoms with van der Waals surface area (Å²) in [6.07, 6.45) is 1.83. The van der Waals surface area contributed by atoms with Gasteiger partial charge >= 0.3 is 0 Å². The molecule has 0 fully saturated rings. The van der Waals surface area contributed by atoms with Gasteiger partial charge in [-0.05, 0) is 23.6 Å². The Balaban J connectivity index is 2.84. The highest BCUT2D eigenvalue weighted by Gasteiger charge is 2.16. The molecule has 0 aromatic carbocycles. The third-order valence-corrected chi connectivity index (χ3v) is 2.85. The lowest BCUT2D eigenvalue weighted by atomic mass is 10.0. The van der Waals surface area contributed by atoms with Crippen molar-refractivity contribution in [1.29, 1.82) is 0 Å². The van der Waals surface area contributed by atoms with E-state index in [9.17, 15) is 0 Å². The van der Waals surface area contributed by atoms with Crippen molar-refractivity contribution in [2.75, 3.05) is 0 Å². The van der Waals surface area contributed by atoms with Crippen molar-refractivity contribution in [2.24, 2.45) is 12.8 Å². The fraction of sp³-hybridized carbons (Fsp3) is 0.417. The number of aromatic nitrogens is 2. The van der Waals surface area contributed by atoms with E-state index in [1.807, 2.05) is 12.3 Å². The van der Waals surface area contributed by atoms with Crippen LogP contribution in [0.15, 0.2) is 18.3 Å². The minimum atomic E-state index is 0.475. The second kappa shape index (κ2) is 3.66. The van der Waals surface area contributed by atoms with Gasteiger partial charge in [-0.15, -0.1) is 0 Å². The summed E-state index contributed by atoms with van der Waals surface area (Å²) in [6.45, 7) is 4.96. The van der Waals surface area contributed by atoms with Crippen LogP contribution in [-0.2, 0) is 13.6 Å². The molecule has 0 aliphatic rings. The zero-order valence-corrected chi connectivity index (χ0v) is 9.49. The van der Waals surface area contributed by atoms with Gasteiger partial charge in [0, 0.05) is 30.9 Å². The van der Waals surface area contributed by atoms with Crippen LogP contribution < -0.4 is 5.73 Å². The van der Waals surface area contributed by atoms with E-state index in [0.29, 0.717) is 12.5 Å².